The highest BCUT2D eigenvalue weighted by Gasteiger charge is 2.17. The molecule has 28 heavy (non-hydrogen) atoms. The molecule has 7 nitrogen and oxygen atoms in total. The van der Waals surface area contributed by atoms with Gasteiger partial charge in [0.05, 0.1) is 6.61 Å². The Labute approximate surface area is 161 Å². The van der Waals surface area contributed by atoms with Crippen LogP contribution < -0.4 is 15.9 Å². The number of H-pyrrole nitrogens is 1. The summed E-state index contributed by atoms with van der Waals surface area (Å²) in [4.78, 5) is 29.3. The molecule has 1 amide bonds. The monoisotopic (exact) mass is 379 g/mol. The number of fused-ring (bicyclic) bond motifs is 2. The van der Waals surface area contributed by atoms with Gasteiger partial charge in [0.2, 0.25) is 5.91 Å². The molecule has 1 aromatic heterocycles. The molecule has 2 heterocycles. The van der Waals surface area contributed by atoms with Gasteiger partial charge < -0.3 is 20.6 Å². The molecule has 0 unspecified atom stereocenters. The van der Waals surface area contributed by atoms with Crippen molar-refractivity contribution in [1.82, 2.24) is 9.88 Å². The van der Waals surface area contributed by atoms with Crippen LogP contribution >= 0.6 is 0 Å². The summed E-state index contributed by atoms with van der Waals surface area (Å²) in [6.45, 7) is 2.45. The third kappa shape index (κ3) is 3.62. The lowest BCUT2D eigenvalue weighted by Gasteiger charge is -2.19. The standard InChI is InChI=1S/C21H21N3O4/c22-21(27)14-2-3-18-17(8-14)19(26)9-16(23-18)11-24-5-6-28-20-4-1-13(12-25)7-15(20)10-24/h1-4,7-9,25H,5-6,10-12H2,(H2,22,27)(H,23,26). The number of hydrogen-bond acceptors (Lipinski definition) is 5. The molecule has 0 aliphatic carbocycles. The second-order valence-corrected chi connectivity index (χ2v) is 6.94. The molecule has 0 atom stereocenters. The number of aliphatic hydroxyl groups excluding tert-OH is 1. The van der Waals surface area contributed by atoms with Crippen molar-refractivity contribution in [2.45, 2.75) is 19.7 Å². The van der Waals surface area contributed by atoms with Crippen molar-refractivity contribution in [1.29, 1.82) is 0 Å². The second-order valence-electron chi connectivity index (χ2n) is 6.94. The predicted molar refractivity (Wildman–Crippen MR) is 105 cm³/mol. The minimum absolute atomic E-state index is 0.0153. The number of carbonyl (C=O) groups is 1. The molecular weight excluding hydrogens is 358 g/mol. The van der Waals surface area contributed by atoms with E-state index in [0.29, 0.717) is 42.7 Å². The number of benzene rings is 2. The number of aromatic amines is 1. The van der Waals surface area contributed by atoms with Crippen molar-refractivity contribution in [3.05, 3.63) is 75.1 Å². The Kier molecular flexibility index (Phi) is 4.85. The summed E-state index contributed by atoms with van der Waals surface area (Å²) in [6.07, 6.45) is 0. The van der Waals surface area contributed by atoms with Gasteiger partial charge in [-0.25, -0.2) is 0 Å². The number of pyridine rings is 1. The van der Waals surface area contributed by atoms with Crippen molar-refractivity contribution in [3.8, 4) is 5.75 Å². The maximum atomic E-state index is 12.5. The fourth-order valence-electron chi connectivity index (χ4n) is 3.52. The van der Waals surface area contributed by atoms with E-state index >= 15 is 0 Å². The lowest BCUT2D eigenvalue weighted by molar-refractivity contribution is 0.100. The Hall–Kier alpha value is -3.16. The average Bonchev–Trinajstić information content (AvgIpc) is 2.88. The Balaban J connectivity index is 1.61. The SMILES string of the molecule is NC(=O)c1ccc2[nH]c(CN3CCOc4ccc(CO)cc4C3)cc(=O)c2c1. The van der Waals surface area contributed by atoms with Crippen LogP contribution in [-0.2, 0) is 19.7 Å². The van der Waals surface area contributed by atoms with Gasteiger partial charge in [0.25, 0.3) is 0 Å². The largest absolute Gasteiger partial charge is 0.492 e. The lowest BCUT2D eigenvalue weighted by atomic mass is 10.1. The topological polar surface area (TPSA) is 109 Å². The van der Waals surface area contributed by atoms with Gasteiger partial charge in [0.1, 0.15) is 12.4 Å². The van der Waals surface area contributed by atoms with Gasteiger partial charge >= 0.3 is 0 Å². The number of carbonyl (C=O) groups excluding carboxylic acids is 1. The van der Waals surface area contributed by atoms with Crippen LogP contribution in [0.2, 0.25) is 0 Å². The molecule has 0 saturated heterocycles. The van der Waals surface area contributed by atoms with Gasteiger partial charge in [-0.15, -0.1) is 0 Å². The van der Waals surface area contributed by atoms with Crippen molar-refractivity contribution < 1.29 is 14.6 Å². The smallest absolute Gasteiger partial charge is 0.248 e. The van der Waals surface area contributed by atoms with E-state index in [4.69, 9.17) is 10.5 Å². The van der Waals surface area contributed by atoms with Gasteiger partial charge in [0.15, 0.2) is 5.43 Å². The van der Waals surface area contributed by atoms with Gasteiger partial charge in [0, 0.05) is 53.4 Å². The molecule has 1 aliphatic heterocycles. The van der Waals surface area contributed by atoms with Gasteiger partial charge in [-0.2, -0.15) is 0 Å². The molecule has 0 fully saturated rings. The molecule has 3 aromatic rings. The second kappa shape index (κ2) is 7.46. The molecule has 144 valence electrons. The summed E-state index contributed by atoms with van der Waals surface area (Å²) in [6, 6.07) is 12.1. The third-order valence-corrected chi connectivity index (χ3v) is 4.93. The van der Waals surface area contributed by atoms with E-state index in [0.717, 1.165) is 22.6 Å². The number of hydrogen-bond donors (Lipinski definition) is 3. The lowest BCUT2D eigenvalue weighted by Crippen LogP contribution is -2.26. The predicted octanol–water partition coefficient (Wildman–Crippen LogP) is 1.51. The Morgan fingerprint density at radius 1 is 1.21 bits per heavy atom. The fraction of sp³-hybridized carbons (Fsp3) is 0.238. The highest BCUT2D eigenvalue weighted by molar-refractivity contribution is 5.96. The molecule has 4 rings (SSSR count). The van der Waals surface area contributed by atoms with Gasteiger partial charge in [-0.05, 0) is 35.9 Å². The number of nitrogens with one attached hydrogen (secondary N) is 1. The third-order valence-electron chi connectivity index (χ3n) is 4.93. The summed E-state index contributed by atoms with van der Waals surface area (Å²) < 4.78 is 5.81. The Morgan fingerprint density at radius 2 is 2.07 bits per heavy atom. The Morgan fingerprint density at radius 3 is 2.86 bits per heavy atom. The zero-order valence-corrected chi connectivity index (χ0v) is 15.3. The zero-order valence-electron chi connectivity index (χ0n) is 15.3. The molecular formula is C21H21N3O4. The molecule has 2 aromatic carbocycles. The number of primary amides is 1. The van der Waals surface area contributed by atoms with Gasteiger partial charge in [-0.3, -0.25) is 14.5 Å². The zero-order chi connectivity index (χ0) is 19.7. The van der Waals surface area contributed by atoms with Gasteiger partial charge in [-0.1, -0.05) is 6.07 Å². The fourth-order valence-corrected chi connectivity index (χ4v) is 3.52. The van der Waals surface area contributed by atoms with Crippen LogP contribution in [-0.4, -0.2) is 34.0 Å². The number of nitrogens with zero attached hydrogens (tertiary/aromatic N) is 1. The van der Waals surface area contributed by atoms with Crippen LogP contribution in [0.5, 0.6) is 5.75 Å². The molecule has 0 bridgehead atoms. The summed E-state index contributed by atoms with van der Waals surface area (Å²) in [5.74, 6) is 0.265. The highest BCUT2D eigenvalue weighted by atomic mass is 16.5. The van der Waals surface area contributed by atoms with Crippen molar-refractivity contribution >= 4 is 16.8 Å². The van der Waals surface area contributed by atoms with E-state index in [2.05, 4.69) is 9.88 Å². The number of aliphatic hydroxyl groups is 1. The number of aromatic nitrogens is 1. The summed E-state index contributed by atoms with van der Waals surface area (Å²) >= 11 is 0. The van der Waals surface area contributed by atoms with E-state index < -0.39 is 5.91 Å². The molecule has 0 radical (unpaired) electrons. The van der Waals surface area contributed by atoms with E-state index in [9.17, 15) is 14.7 Å². The Bertz CT molecular complexity index is 1110. The normalized spacial score (nSPS) is 14.3. The summed E-state index contributed by atoms with van der Waals surface area (Å²) in [5, 5.41) is 9.81. The molecule has 0 spiro atoms. The van der Waals surface area contributed by atoms with Crippen LogP contribution in [0, 0.1) is 0 Å². The minimum atomic E-state index is -0.559. The van der Waals surface area contributed by atoms with E-state index in [-0.39, 0.29) is 12.0 Å². The number of ether oxygens (including phenoxy) is 1. The van der Waals surface area contributed by atoms with E-state index in [1.165, 1.54) is 6.07 Å². The van der Waals surface area contributed by atoms with Crippen molar-refractivity contribution in [2.24, 2.45) is 5.73 Å². The first-order chi connectivity index (χ1) is 13.5. The first-order valence-electron chi connectivity index (χ1n) is 9.07. The van der Waals surface area contributed by atoms with E-state index in [1.807, 2.05) is 18.2 Å². The molecule has 0 saturated carbocycles. The van der Waals surface area contributed by atoms with Crippen molar-refractivity contribution in [3.63, 3.8) is 0 Å². The maximum Gasteiger partial charge on any atom is 0.248 e. The average molecular weight is 379 g/mol. The maximum absolute atomic E-state index is 12.5. The highest BCUT2D eigenvalue weighted by Crippen LogP contribution is 2.25. The summed E-state index contributed by atoms with van der Waals surface area (Å²) in [5.41, 5.74) is 8.76. The van der Waals surface area contributed by atoms with Crippen LogP contribution in [0.1, 0.15) is 27.2 Å². The van der Waals surface area contributed by atoms with Crippen LogP contribution in [0.4, 0.5) is 0 Å². The van der Waals surface area contributed by atoms with Crippen LogP contribution in [0.25, 0.3) is 10.9 Å². The van der Waals surface area contributed by atoms with Crippen LogP contribution in [0.15, 0.2) is 47.3 Å². The quantitative estimate of drug-likeness (QED) is 0.637. The molecule has 7 heteroatoms. The summed E-state index contributed by atoms with van der Waals surface area (Å²) in [7, 11) is 0. The van der Waals surface area contributed by atoms with Crippen molar-refractivity contribution in [2.75, 3.05) is 13.2 Å². The molecule has 4 N–H and O–H groups in total. The number of rotatable bonds is 4. The van der Waals surface area contributed by atoms with Crippen LogP contribution in [0.3, 0.4) is 0 Å². The number of nitrogens with two attached hydrogens (primary N) is 1. The molecule has 1 aliphatic rings. The first kappa shape index (κ1) is 18.2. The van der Waals surface area contributed by atoms with E-state index in [1.54, 1.807) is 18.2 Å². The minimum Gasteiger partial charge on any atom is -0.492 e. The number of amides is 1. The first-order valence-corrected chi connectivity index (χ1v) is 9.07.